The zero-order chi connectivity index (χ0) is 11.8. The highest BCUT2D eigenvalue weighted by Gasteiger charge is 1.98. The van der Waals surface area contributed by atoms with Gasteiger partial charge in [-0.15, -0.1) is 0 Å². The zero-order valence-electron chi connectivity index (χ0n) is 8.64. The van der Waals surface area contributed by atoms with Crippen LogP contribution < -0.4 is 4.74 Å². The standard InChI is InChI=1S/C12H12O3S/c13-12(14)9-15-11-6-4-10(5-7-11)3-1-2-8-16/h4-7,16H,2,8-9H2,(H,13,14). The summed E-state index contributed by atoms with van der Waals surface area (Å²) in [5, 5.41) is 8.42. The topological polar surface area (TPSA) is 46.5 Å². The summed E-state index contributed by atoms with van der Waals surface area (Å²) in [6.07, 6.45) is 0.750. The molecule has 1 aromatic carbocycles. The Morgan fingerprint density at radius 3 is 2.62 bits per heavy atom. The first-order valence-corrected chi connectivity index (χ1v) is 5.40. The molecule has 0 radical (unpaired) electrons. The van der Waals surface area contributed by atoms with Gasteiger partial charge in [0.2, 0.25) is 0 Å². The lowest BCUT2D eigenvalue weighted by molar-refractivity contribution is -0.139. The Labute approximate surface area is 99.8 Å². The third kappa shape index (κ3) is 4.76. The summed E-state index contributed by atoms with van der Waals surface area (Å²) in [6, 6.07) is 6.99. The highest BCUT2D eigenvalue weighted by molar-refractivity contribution is 7.80. The van der Waals surface area contributed by atoms with Gasteiger partial charge in [0.1, 0.15) is 5.75 Å². The van der Waals surface area contributed by atoms with Crippen LogP contribution in [-0.2, 0) is 4.79 Å². The molecule has 0 saturated carbocycles. The molecule has 1 rings (SSSR count). The van der Waals surface area contributed by atoms with Gasteiger partial charge in [-0.05, 0) is 24.3 Å². The van der Waals surface area contributed by atoms with Crippen molar-refractivity contribution in [3.63, 3.8) is 0 Å². The largest absolute Gasteiger partial charge is 0.482 e. The number of benzene rings is 1. The molecule has 0 fully saturated rings. The van der Waals surface area contributed by atoms with Crippen molar-refractivity contribution in [1.29, 1.82) is 0 Å². The van der Waals surface area contributed by atoms with Gasteiger partial charge in [0.05, 0.1) is 0 Å². The van der Waals surface area contributed by atoms with E-state index in [0.717, 1.165) is 17.7 Å². The highest BCUT2D eigenvalue weighted by Crippen LogP contribution is 2.11. The van der Waals surface area contributed by atoms with Gasteiger partial charge in [0.25, 0.3) is 0 Å². The van der Waals surface area contributed by atoms with Crippen molar-refractivity contribution in [2.24, 2.45) is 0 Å². The maximum Gasteiger partial charge on any atom is 0.341 e. The van der Waals surface area contributed by atoms with Crippen LogP contribution in [0, 0.1) is 11.8 Å². The quantitative estimate of drug-likeness (QED) is 0.619. The minimum Gasteiger partial charge on any atom is -0.482 e. The molecule has 0 amide bonds. The highest BCUT2D eigenvalue weighted by atomic mass is 32.1. The normalized spacial score (nSPS) is 9.06. The summed E-state index contributed by atoms with van der Waals surface area (Å²) in [4.78, 5) is 10.3. The van der Waals surface area contributed by atoms with E-state index in [4.69, 9.17) is 9.84 Å². The van der Waals surface area contributed by atoms with Crippen molar-refractivity contribution in [1.82, 2.24) is 0 Å². The monoisotopic (exact) mass is 236 g/mol. The predicted octanol–water partition coefficient (Wildman–Crippen LogP) is 1.82. The van der Waals surface area contributed by atoms with E-state index in [1.807, 2.05) is 0 Å². The first-order valence-electron chi connectivity index (χ1n) is 4.77. The number of carboxylic acids is 1. The Balaban J connectivity index is 2.55. The zero-order valence-corrected chi connectivity index (χ0v) is 9.54. The fourth-order valence-electron chi connectivity index (χ4n) is 1.00. The number of hydrogen-bond acceptors (Lipinski definition) is 3. The van der Waals surface area contributed by atoms with Crippen LogP contribution in [0.5, 0.6) is 5.75 Å². The van der Waals surface area contributed by atoms with Gasteiger partial charge in [-0.2, -0.15) is 12.6 Å². The lowest BCUT2D eigenvalue weighted by Crippen LogP contribution is -2.09. The van der Waals surface area contributed by atoms with Crippen LogP contribution in [0.1, 0.15) is 12.0 Å². The molecule has 0 aliphatic rings. The molecule has 0 atom stereocenters. The molecule has 0 unspecified atom stereocenters. The minimum absolute atomic E-state index is 0.329. The number of hydrogen-bond donors (Lipinski definition) is 2. The summed E-state index contributed by atoms with van der Waals surface area (Å²) in [5.74, 6) is 6.21. The first kappa shape index (κ1) is 12.5. The maximum atomic E-state index is 10.3. The van der Waals surface area contributed by atoms with Crippen molar-refractivity contribution in [2.75, 3.05) is 12.4 Å². The molecule has 0 heterocycles. The molecule has 0 aromatic heterocycles. The summed E-state index contributed by atoms with van der Waals surface area (Å²) in [6.45, 7) is -0.329. The van der Waals surface area contributed by atoms with E-state index in [1.54, 1.807) is 24.3 Å². The van der Waals surface area contributed by atoms with E-state index in [1.165, 1.54) is 0 Å². The maximum absolute atomic E-state index is 10.3. The number of thiol groups is 1. The molecule has 0 aliphatic heterocycles. The fraction of sp³-hybridized carbons (Fsp3) is 0.250. The van der Waals surface area contributed by atoms with Crippen molar-refractivity contribution >= 4 is 18.6 Å². The third-order valence-corrected chi connectivity index (χ3v) is 1.91. The molecule has 0 spiro atoms. The van der Waals surface area contributed by atoms with Crippen LogP contribution >= 0.6 is 12.6 Å². The number of aliphatic carboxylic acids is 1. The van der Waals surface area contributed by atoms with Crippen molar-refractivity contribution < 1.29 is 14.6 Å². The molecule has 0 aliphatic carbocycles. The average molecular weight is 236 g/mol. The molecule has 1 aromatic rings. The van der Waals surface area contributed by atoms with Crippen LogP contribution in [0.4, 0.5) is 0 Å². The summed E-state index contributed by atoms with van der Waals surface area (Å²) in [5.41, 5.74) is 0.879. The lowest BCUT2D eigenvalue weighted by Gasteiger charge is -2.01. The molecule has 84 valence electrons. The predicted molar refractivity (Wildman–Crippen MR) is 64.9 cm³/mol. The van der Waals surface area contributed by atoms with Gasteiger partial charge >= 0.3 is 5.97 Å². The number of carboxylic acid groups (broad SMARTS) is 1. The fourth-order valence-corrected chi connectivity index (χ4v) is 1.11. The minimum atomic E-state index is -0.988. The van der Waals surface area contributed by atoms with Crippen LogP contribution in [0.2, 0.25) is 0 Å². The van der Waals surface area contributed by atoms with Gasteiger partial charge in [-0.3, -0.25) is 0 Å². The summed E-state index contributed by atoms with van der Waals surface area (Å²) < 4.78 is 4.99. The van der Waals surface area contributed by atoms with Crippen LogP contribution in [0.3, 0.4) is 0 Å². The van der Waals surface area contributed by atoms with Gasteiger partial charge in [0.15, 0.2) is 6.61 Å². The summed E-state index contributed by atoms with van der Waals surface area (Å²) >= 11 is 4.05. The molecule has 3 nitrogen and oxygen atoms in total. The molecule has 0 saturated heterocycles. The number of carbonyl (C=O) groups is 1. The summed E-state index contributed by atoms with van der Waals surface area (Å²) in [7, 11) is 0. The van der Waals surface area contributed by atoms with Gasteiger partial charge in [-0.1, -0.05) is 11.8 Å². The van der Waals surface area contributed by atoms with E-state index < -0.39 is 5.97 Å². The van der Waals surface area contributed by atoms with E-state index in [9.17, 15) is 4.79 Å². The Morgan fingerprint density at radius 2 is 2.06 bits per heavy atom. The second-order valence-electron chi connectivity index (χ2n) is 2.98. The molecule has 1 N–H and O–H groups in total. The van der Waals surface area contributed by atoms with E-state index in [-0.39, 0.29) is 6.61 Å². The van der Waals surface area contributed by atoms with Crippen molar-refractivity contribution in [3.8, 4) is 17.6 Å². The van der Waals surface area contributed by atoms with E-state index in [2.05, 4.69) is 24.5 Å². The van der Waals surface area contributed by atoms with Crippen LogP contribution in [0.25, 0.3) is 0 Å². The number of ether oxygens (including phenoxy) is 1. The van der Waals surface area contributed by atoms with Gasteiger partial charge in [0, 0.05) is 17.7 Å². The first-order chi connectivity index (χ1) is 7.72. The van der Waals surface area contributed by atoms with Crippen molar-refractivity contribution in [3.05, 3.63) is 29.8 Å². The molecular formula is C12H12O3S. The molecule has 16 heavy (non-hydrogen) atoms. The Kier molecular flexibility index (Phi) is 5.30. The Bertz CT molecular complexity index is 401. The second-order valence-corrected chi connectivity index (χ2v) is 3.43. The second kappa shape index (κ2) is 6.81. The smallest absolute Gasteiger partial charge is 0.341 e. The van der Waals surface area contributed by atoms with E-state index in [0.29, 0.717) is 5.75 Å². The number of rotatable bonds is 4. The van der Waals surface area contributed by atoms with E-state index >= 15 is 0 Å². The lowest BCUT2D eigenvalue weighted by atomic mass is 10.2. The SMILES string of the molecule is O=C(O)COc1ccc(C#CCCS)cc1. The average Bonchev–Trinajstić information content (AvgIpc) is 2.28. The Morgan fingerprint density at radius 1 is 1.38 bits per heavy atom. The van der Waals surface area contributed by atoms with Gasteiger partial charge < -0.3 is 9.84 Å². The van der Waals surface area contributed by atoms with Crippen LogP contribution in [-0.4, -0.2) is 23.4 Å². The van der Waals surface area contributed by atoms with Gasteiger partial charge in [-0.25, -0.2) is 4.79 Å². The molecule has 4 heteroatoms. The molecular weight excluding hydrogens is 224 g/mol. The molecule has 0 bridgehead atoms. The van der Waals surface area contributed by atoms with Crippen LogP contribution in [0.15, 0.2) is 24.3 Å². The Hall–Kier alpha value is -1.60. The third-order valence-electron chi connectivity index (χ3n) is 1.69. The van der Waals surface area contributed by atoms with Crippen molar-refractivity contribution in [2.45, 2.75) is 6.42 Å².